The number of alkyl halides is 3. The van der Waals surface area contributed by atoms with Crippen LogP contribution in [-0.2, 0) is 6.18 Å². The summed E-state index contributed by atoms with van der Waals surface area (Å²) in [6.07, 6.45) is -1.33. The second-order valence-corrected chi connectivity index (χ2v) is 2.93. The second-order valence-electron chi connectivity index (χ2n) is 2.93. The van der Waals surface area contributed by atoms with E-state index < -0.39 is 17.6 Å². The van der Waals surface area contributed by atoms with Gasteiger partial charge in [0, 0.05) is 0 Å². The molecule has 0 atom stereocenters. The Labute approximate surface area is 87.3 Å². The minimum Gasteiger partial charge on any atom is -0.217 e. The highest BCUT2D eigenvalue weighted by Gasteiger charge is 2.35. The Kier molecular flexibility index (Phi) is 2.37. The molecule has 1 heterocycles. The van der Waals surface area contributed by atoms with E-state index in [-0.39, 0.29) is 5.69 Å². The number of hydrogen-bond acceptors (Lipinski definition) is 2. The number of hydrogen-bond donors (Lipinski definition) is 0. The summed E-state index contributed by atoms with van der Waals surface area (Å²) in [6.45, 7) is 0. The van der Waals surface area contributed by atoms with Gasteiger partial charge in [-0.15, -0.1) is 5.10 Å². The standard InChI is InChI=1S/C9H4F4N3/c10-8-6(9(11,12)13)2-1-3-7(8)16-5-4-14-15-16/h1-3,5H. The molecule has 83 valence electrons. The van der Waals surface area contributed by atoms with E-state index in [1.54, 1.807) is 0 Å². The van der Waals surface area contributed by atoms with E-state index in [0.717, 1.165) is 16.9 Å². The number of aromatic nitrogens is 3. The van der Waals surface area contributed by atoms with Crippen molar-refractivity contribution in [3.63, 3.8) is 0 Å². The van der Waals surface area contributed by atoms with Gasteiger partial charge < -0.3 is 0 Å². The molecule has 0 spiro atoms. The van der Waals surface area contributed by atoms with Crippen molar-refractivity contribution in [3.05, 3.63) is 42.0 Å². The second kappa shape index (κ2) is 3.58. The van der Waals surface area contributed by atoms with Crippen molar-refractivity contribution in [2.24, 2.45) is 0 Å². The van der Waals surface area contributed by atoms with Crippen LogP contribution in [0.25, 0.3) is 5.69 Å². The first-order valence-corrected chi connectivity index (χ1v) is 4.14. The van der Waals surface area contributed by atoms with Crippen LogP contribution in [-0.4, -0.2) is 15.0 Å². The SMILES string of the molecule is Fc1c(-n2c[c]nn2)cccc1C(F)(F)F. The Morgan fingerprint density at radius 2 is 2.00 bits per heavy atom. The van der Waals surface area contributed by atoms with Crippen LogP contribution >= 0.6 is 0 Å². The maximum absolute atomic E-state index is 13.5. The van der Waals surface area contributed by atoms with Gasteiger partial charge in [0.1, 0.15) is 11.9 Å². The number of halogens is 4. The van der Waals surface area contributed by atoms with Crippen LogP contribution in [0.2, 0.25) is 0 Å². The minimum atomic E-state index is -4.73. The molecule has 16 heavy (non-hydrogen) atoms. The predicted molar refractivity (Wildman–Crippen MR) is 45.2 cm³/mol. The average molecular weight is 230 g/mol. The summed E-state index contributed by atoms with van der Waals surface area (Å²) in [4.78, 5) is 0. The highest BCUT2D eigenvalue weighted by molar-refractivity contribution is 5.38. The Morgan fingerprint density at radius 3 is 2.56 bits per heavy atom. The summed E-state index contributed by atoms with van der Waals surface area (Å²) in [7, 11) is 0. The molecule has 1 aromatic heterocycles. The molecule has 0 saturated carbocycles. The minimum absolute atomic E-state index is 0.316. The van der Waals surface area contributed by atoms with Crippen LogP contribution in [0.1, 0.15) is 5.56 Å². The number of benzene rings is 1. The number of rotatable bonds is 1. The van der Waals surface area contributed by atoms with E-state index in [1.165, 1.54) is 6.07 Å². The normalized spacial score (nSPS) is 11.8. The molecule has 3 nitrogen and oxygen atoms in total. The van der Waals surface area contributed by atoms with E-state index >= 15 is 0 Å². The third-order valence-corrected chi connectivity index (χ3v) is 1.91. The van der Waals surface area contributed by atoms with Gasteiger partial charge in [-0.25, -0.2) is 9.07 Å². The fraction of sp³-hybridized carbons (Fsp3) is 0.111. The lowest BCUT2D eigenvalue weighted by atomic mass is 10.2. The Bertz CT molecular complexity index is 490. The maximum atomic E-state index is 13.5. The van der Waals surface area contributed by atoms with Crippen LogP contribution < -0.4 is 0 Å². The van der Waals surface area contributed by atoms with Crippen LogP contribution in [0.5, 0.6) is 0 Å². The van der Waals surface area contributed by atoms with Gasteiger partial charge in [-0.1, -0.05) is 11.3 Å². The highest BCUT2D eigenvalue weighted by atomic mass is 19.4. The molecule has 2 aromatic rings. The third-order valence-electron chi connectivity index (χ3n) is 1.91. The first-order chi connectivity index (χ1) is 7.50. The molecule has 0 aliphatic heterocycles. The first kappa shape index (κ1) is 10.6. The molecular formula is C9H4F4N3. The molecular weight excluding hydrogens is 226 g/mol. The van der Waals surface area contributed by atoms with Crippen LogP contribution in [0, 0.1) is 12.0 Å². The summed E-state index contributed by atoms with van der Waals surface area (Å²) >= 11 is 0. The van der Waals surface area contributed by atoms with Crippen LogP contribution in [0.15, 0.2) is 24.4 Å². The predicted octanol–water partition coefficient (Wildman–Crippen LogP) is 2.23. The topological polar surface area (TPSA) is 30.7 Å². The molecule has 0 fully saturated rings. The lowest BCUT2D eigenvalue weighted by Gasteiger charge is -2.10. The molecule has 0 saturated heterocycles. The van der Waals surface area contributed by atoms with Gasteiger partial charge >= 0.3 is 6.18 Å². The summed E-state index contributed by atoms with van der Waals surface area (Å²) in [6, 6.07) is 2.94. The lowest BCUT2D eigenvalue weighted by Crippen LogP contribution is -2.11. The zero-order valence-corrected chi connectivity index (χ0v) is 7.66. The fourth-order valence-electron chi connectivity index (χ4n) is 1.21. The molecule has 0 unspecified atom stereocenters. The van der Waals surface area contributed by atoms with Gasteiger partial charge in [-0.2, -0.15) is 13.2 Å². The zero-order chi connectivity index (χ0) is 11.8. The van der Waals surface area contributed by atoms with Crippen molar-refractivity contribution in [1.82, 2.24) is 15.0 Å². The Hall–Kier alpha value is -1.92. The molecule has 0 aliphatic carbocycles. The molecule has 1 aromatic carbocycles. The van der Waals surface area contributed by atoms with E-state index in [9.17, 15) is 17.6 Å². The van der Waals surface area contributed by atoms with E-state index in [1.807, 2.05) is 0 Å². The monoisotopic (exact) mass is 230 g/mol. The summed E-state index contributed by atoms with van der Waals surface area (Å²) in [5.74, 6) is -1.38. The van der Waals surface area contributed by atoms with Gasteiger partial charge in [0.25, 0.3) is 0 Å². The molecule has 0 amide bonds. The Morgan fingerprint density at radius 1 is 1.25 bits per heavy atom. The van der Waals surface area contributed by atoms with Crippen molar-refractivity contribution in [2.75, 3.05) is 0 Å². The smallest absolute Gasteiger partial charge is 0.217 e. The van der Waals surface area contributed by atoms with Gasteiger partial charge in [0.15, 0.2) is 5.82 Å². The van der Waals surface area contributed by atoms with Crippen LogP contribution in [0.4, 0.5) is 17.6 Å². The molecule has 0 aliphatic rings. The fourth-order valence-corrected chi connectivity index (χ4v) is 1.21. The van der Waals surface area contributed by atoms with E-state index in [4.69, 9.17) is 0 Å². The highest BCUT2D eigenvalue weighted by Crippen LogP contribution is 2.33. The van der Waals surface area contributed by atoms with E-state index in [0.29, 0.717) is 6.07 Å². The maximum Gasteiger partial charge on any atom is 0.419 e. The third kappa shape index (κ3) is 1.75. The summed E-state index contributed by atoms with van der Waals surface area (Å²) in [5.41, 5.74) is -1.65. The Balaban J connectivity index is 2.58. The van der Waals surface area contributed by atoms with Crippen molar-refractivity contribution < 1.29 is 17.6 Å². The van der Waals surface area contributed by atoms with Gasteiger partial charge in [-0.3, -0.25) is 0 Å². The van der Waals surface area contributed by atoms with Gasteiger partial charge in [0.05, 0.1) is 11.8 Å². The zero-order valence-electron chi connectivity index (χ0n) is 7.66. The molecule has 0 bridgehead atoms. The summed E-state index contributed by atoms with van der Waals surface area (Å²) in [5, 5.41) is 6.65. The van der Waals surface area contributed by atoms with Crippen molar-refractivity contribution in [2.45, 2.75) is 6.18 Å². The van der Waals surface area contributed by atoms with Crippen LogP contribution in [0.3, 0.4) is 0 Å². The van der Waals surface area contributed by atoms with Crippen molar-refractivity contribution in [1.29, 1.82) is 0 Å². The average Bonchev–Trinajstić information content (AvgIpc) is 2.69. The van der Waals surface area contributed by atoms with Crippen molar-refractivity contribution >= 4 is 0 Å². The quantitative estimate of drug-likeness (QED) is 0.703. The summed E-state index contributed by atoms with van der Waals surface area (Å²) < 4.78 is 51.5. The number of nitrogens with zero attached hydrogens (tertiary/aromatic N) is 3. The molecule has 7 heteroatoms. The van der Waals surface area contributed by atoms with E-state index in [2.05, 4.69) is 16.5 Å². The van der Waals surface area contributed by atoms with Gasteiger partial charge in [0.2, 0.25) is 0 Å². The first-order valence-electron chi connectivity index (χ1n) is 4.14. The molecule has 0 N–H and O–H groups in total. The molecule has 2 rings (SSSR count). The van der Waals surface area contributed by atoms with Gasteiger partial charge in [-0.05, 0) is 12.1 Å². The largest absolute Gasteiger partial charge is 0.419 e. The molecule has 1 radical (unpaired) electrons. The van der Waals surface area contributed by atoms with Crippen molar-refractivity contribution in [3.8, 4) is 5.69 Å². The lowest BCUT2D eigenvalue weighted by molar-refractivity contribution is -0.140.